The van der Waals surface area contributed by atoms with Gasteiger partial charge < -0.3 is 21.7 Å². The number of aromatic nitrogens is 2. The minimum absolute atomic E-state index is 0.260. The molecule has 3 rings (SSSR count). The van der Waals surface area contributed by atoms with E-state index in [0.717, 1.165) is 36.9 Å². The van der Waals surface area contributed by atoms with Crippen LogP contribution in [0.5, 0.6) is 0 Å². The van der Waals surface area contributed by atoms with Crippen LogP contribution in [-0.2, 0) is 0 Å². The van der Waals surface area contributed by atoms with E-state index < -0.39 is 0 Å². The van der Waals surface area contributed by atoms with Crippen molar-refractivity contribution in [3.05, 3.63) is 5.56 Å². The summed E-state index contributed by atoms with van der Waals surface area (Å²) in [6.45, 7) is 5.11. The quantitative estimate of drug-likeness (QED) is 0.654. The van der Waals surface area contributed by atoms with E-state index in [1.54, 1.807) is 0 Å². The summed E-state index contributed by atoms with van der Waals surface area (Å²) in [6.07, 6.45) is 2.56. The van der Waals surface area contributed by atoms with Crippen molar-refractivity contribution in [2.75, 3.05) is 36.0 Å². The average molecular weight is 248 g/mol. The van der Waals surface area contributed by atoms with Gasteiger partial charge in [-0.25, -0.2) is 0 Å². The molecule has 0 radical (unpaired) electrons. The first-order valence-electron chi connectivity index (χ1n) is 6.53. The van der Waals surface area contributed by atoms with Gasteiger partial charge in [0.1, 0.15) is 11.6 Å². The number of rotatable bonds is 1. The Hall–Kier alpha value is -1.56. The molecule has 98 valence electrons. The first-order valence-corrected chi connectivity index (χ1v) is 6.53. The van der Waals surface area contributed by atoms with E-state index in [1.807, 2.05) is 6.92 Å². The van der Waals surface area contributed by atoms with Gasteiger partial charge in [0.25, 0.3) is 0 Å². The van der Waals surface area contributed by atoms with Crippen LogP contribution >= 0.6 is 0 Å². The van der Waals surface area contributed by atoms with E-state index in [-0.39, 0.29) is 5.95 Å². The fraction of sp³-hybridized carbons (Fsp3) is 0.667. The van der Waals surface area contributed by atoms with Crippen molar-refractivity contribution in [3.8, 4) is 0 Å². The molecule has 1 aromatic rings. The van der Waals surface area contributed by atoms with Gasteiger partial charge in [-0.3, -0.25) is 0 Å². The molecule has 0 aliphatic carbocycles. The van der Waals surface area contributed by atoms with Crippen molar-refractivity contribution in [3.63, 3.8) is 0 Å². The Morgan fingerprint density at radius 2 is 2.11 bits per heavy atom. The van der Waals surface area contributed by atoms with Crippen LogP contribution in [0.1, 0.15) is 18.4 Å². The van der Waals surface area contributed by atoms with Crippen molar-refractivity contribution in [2.45, 2.75) is 25.8 Å². The zero-order valence-electron chi connectivity index (χ0n) is 10.7. The van der Waals surface area contributed by atoms with Gasteiger partial charge in [-0.1, -0.05) is 0 Å². The Morgan fingerprint density at radius 3 is 2.89 bits per heavy atom. The number of nitrogens with one attached hydrogen (secondary N) is 1. The number of nitrogens with zero attached hydrogens (tertiary/aromatic N) is 3. The molecule has 3 heterocycles. The third-order valence-corrected chi connectivity index (χ3v) is 4.07. The molecule has 2 aliphatic rings. The number of hydrogen-bond donors (Lipinski definition) is 3. The molecular weight excluding hydrogens is 228 g/mol. The molecule has 1 aromatic heterocycles. The molecule has 18 heavy (non-hydrogen) atoms. The highest BCUT2D eigenvalue weighted by atomic mass is 15.3. The molecule has 2 fully saturated rings. The lowest BCUT2D eigenvalue weighted by Gasteiger charge is -2.24. The Kier molecular flexibility index (Phi) is 2.74. The maximum Gasteiger partial charge on any atom is 0.223 e. The molecule has 6 nitrogen and oxygen atoms in total. The van der Waals surface area contributed by atoms with Crippen LogP contribution in [0.15, 0.2) is 0 Å². The topological polar surface area (TPSA) is 93.1 Å². The SMILES string of the molecule is Cc1c(N)nc(N)nc1N1C[C@H]2CCCN[C@H]2C1. The van der Waals surface area contributed by atoms with E-state index >= 15 is 0 Å². The van der Waals surface area contributed by atoms with Crippen molar-refractivity contribution in [1.82, 2.24) is 15.3 Å². The minimum atomic E-state index is 0.260. The number of nitrogens with two attached hydrogens (primary N) is 2. The predicted octanol–water partition coefficient (Wildman–Crippen LogP) is 0.138. The Morgan fingerprint density at radius 1 is 1.28 bits per heavy atom. The van der Waals surface area contributed by atoms with Crippen molar-refractivity contribution < 1.29 is 0 Å². The first-order chi connectivity index (χ1) is 8.65. The summed E-state index contributed by atoms with van der Waals surface area (Å²) in [7, 11) is 0. The molecule has 6 heteroatoms. The second kappa shape index (κ2) is 4.28. The van der Waals surface area contributed by atoms with E-state index in [4.69, 9.17) is 11.5 Å². The molecular formula is C12H20N6. The Balaban J connectivity index is 1.88. The lowest BCUT2D eigenvalue weighted by atomic mass is 9.94. The van der Waals surface area contributed by atoms with Crippen LogP contribution in [0.4, 0.5) is 17.6 Å². The summed E-state index contributed by atoms with van der Waals surface area (Å²) < 4.78 is 0. The molecule has 0 saturated carbocycles. The highest BCUT2D eigenvalue weighted by Crippen LogP contribution is 2.31. The fourth-order valence-corrected chi connectivity index (χ4v) is 3.07. The predicted molar refractivity (Wildman–Crippen MR) is 72.3 cm³/mol. The molecule has 0 spiro atoms. The lowest BCUT2D eigenvalue weighted by Crippen LogP contribution is -2.40. The van der Waals surface area contributed by atoms with E-state index in [9.17, 15) is 0 Å². The van der Waals surface area contributed by atoms with Gasteiger partial charge in [0, 0.05) is 24.7 Å². The number of nitrogen functional groups attached to an aromatic ring is 2. The zero-order valence-corrected chi connectivity index (χ0v) is 10.7. The second-order valence-electron chi connectivity index (χ2n) is 5.28. The summed E-state index contributed by atoms with van der Waals surface area (Å²) in [4.78, 5) is 10.6. The Labute approximate surface area is 107 Å². The third-order valence-electron chi connectivity index (χ3n) is 4.07. The van der Waals surface area contributed by atoms with Crippen LogP contribution in [0.25, 0.3) is 0 Å². The lowest BCUT2D eigenvalue weighted by molar-refractivity contribution is 0.340. The molecule has 5 N–H and O–H groups in total. The zero-order chi connectivity index (χ0) is 12.7. The maximum atomic E-state index is 5.86. The summed E-state index contributed by atoms with van der Waals surface area (Å²) in [5, 5.41) is 3.58. The van der Waals surface area contributed by atoms with E-state index in [1.165, 1.54) is 12.8 Å². The largest absolute Gasteiger partial charge is 0.383 e. The highest BCUT2D eigenvalue weighted by Gasteiger charge is 2.35. The number of hydrogen-bond acceptors (Lipinski definition) is 6. The van der Waals surface area contributed by atoms with E-state index in [2.05, 4.69) is 20.2 Å². The summed E-state index contributed by atoms with van der Waals surface area (Å²) in [6, 6.07) is 0.579. The van der Waals surface area contributed by atoms with Gasteiger partial charge in [-0.15, -0.1) is 0 Å². The number of fused-ring (bicyclic) bond motifs is 1. The molecule has 2 atom stereocenters. The van der Waals surface area contributed by atoms with Crippen LogP contribution in [0, 0.1) is 12.8 Å². The summed E-state index contributed by atoms with van der Waals surface area (Å²) in [5.41, 5.74) is 12.5. The van der Waals surface area contributed by atoms with E-state index in [0.29, 0.717) is 11.9 Å². The van der Waals surface area contributed by atoms with Gasteiger partial charge in [0.2, 0.25) is 5.95 Å². The Bertz CT molecular complexity index is 446. The van der Waals surface area contributed by atoms with Gasteiger partial charge in [0.05, 0.1) is 0 Å². The number of piperidine rings is 1. The monoisotopic (exact) mass is 248 g/mol. The fourth-order valence-electron chi connectivity index (χ4n) is 3.07. The number of anilines is 3. The van der Waals surface area contributed by atoms with Gasteiger partial charge in [0.15, 0.2) is 0 Å². The maximum absolute atomic E-state index is 5.86. The van der Waals surface area contributed by atoms with Crippen molar-refractivity contribution in [1.29, 1.82) is 0 Å². The minimum Gasteiger partial charge on any atom is -0.383 e. The molecule has 2 aliphatic heterocycles. The van der Waals surface area contributed by atoms with Gasteiger partial charge >= 0.3 is 0 Å². The van der Waals surface area contributed by atoms with Crippen LogP contribution in [0.3, 0.4) is 0 Å². The first kappa shape index (κ1) is 11.5. The highest BCUT2D eigenvalue weighted by molar-refractivity contribution is 5.59. The molecule has 0 bridgehead atoms. The third kappa shape index (κ3) is 1.86. The van der Waals surface area contributed by atoms with Crippen molar-refractivity contribution in [2.24, 2.45) is 5.92 Å². The second-order valence-corrected chi connectivity index (χ2v) is 5.28. The van der Waals surface area contributed by atoms with Crippen LogP contribution in [0.2, 0.25) is 0 Å². The molecule has 0 unspecified atom stereocenters. The summed E-state index contributed by atoms with van der Waals surface area (Å²) in [5.74, 6) is 2.36. The molecule has 0 aromatic carbocycles. The van der Waals surface area contributed by atoms with Gasteiger partial charge in [-0.05, 0) is 32.2 Å². The van der Waals surface area contributed by atoms with Crippen LogP contribution in [-0.4, -0.2) is 35.6 Å². The molecule has 0 amide bonds. The van der Waals surface area contributed by atoms with Gasteiger partial charge in [-0.2, -0.15) is 9.97 Å². The van der Waals surface area contributed by atoms with Crippen LogP contribution < -0.4 is 21.7 Å². The summed E-state index contributed by atoms with van der Waals surface area (Å²) >= 11 is 0. The smallest absolute Gasteiger partial charge is 0.223 e. The van der Waals surface area contributed by atoms with Crippen molar-refractivity contribution >= 4 is 17.6 Å². The average Bonchev–Trinajstić information content (AvgIpc) is 2.77. The standard InChI is InChI=1S/C12H20N6/c1-7-10(13)16-12(14)17-11(7)18-5-8-3-2-4-15-9(8)6-18/h8-9,15H,2-6H2,1H3,(H4,13,14,16,17)/t8-,9+/m1/s1. The normalized spacial score (nSPS) is 27.3. The molecule has 2 saturated heterocycles.